The minimum atomic E-state index is -3.84. The van der Waals surface area contributed by atoms with E-state index >= 15 is 0 Å². The first-order valence-corrected chi connectivity index (χ1v) is 12.3. The second-order valence-electron chi connectivity index (χ2n) is 7.20. The van der Waals surface area contributed by atoms with Crippen LogP contribution in [0.4, 0.5) is 33.2 Å². The van der Waals surface area contributed by atoms with Crippen molar-refractivity contribution < 1.29 is 17.6 Å². The van der Waals surface area contributed by atoms with Gasteiger partial charge in [0.15, 0.2) is 11.6 Å². The number of primary sulfonamides is 1. The van der Waals surface area contributed by atoms with Gasteiger partial charge in [0.05, 0.1) is 28.6 Å². The van der Waals surface area contributed by atoms with Gasteiger partial charge < -0.3 is 15.1 Å². The fourth-order valence-electron chi connectivity index (χ4n) is 3.25. The summed E-state index contributed by atoms with van der Waals surface area (Å²) in [6.45, 7) is -0.208. The van der Waals surface area contributed by atoms with Crippen LogP contribution in [0.5, 0.6) is 0 Å². The zero-order chi connectivity index (χ0) is 24.5. The van der Waals surface area contributed by atoms with Gasteiger partial charge >= 0.3 is 0 Å². The molecule has 0 atom stereocenters. The first-order valence-electron chi connectivity index (χ1n) is 9.77. The molecule has 0 bridgehead atoms. The van der Waals surface area contributed by atoms with Gasteiger partial charge in [-0.15, -0.1) is 11.8 Å². The number of hydrogen-bond donors (Lipinski definition) is 2. The number of nitrogens with zero attached hydrogens (tertiary/aromatic N) is 5. The van der Waals surface area contributed by atoms with Gasteiger partial charge in [0.25, 0.3) is 0 Å². The molecule has 2 heterocycles. The van der Waals surface area contributed by atoms with Crippen molar-refractivity contribution in [1.82, 2.24) is 9.97 Å². The van der Waals surface area contributed by atoms with E-state index in [9.17, 15) is 22.9 Å². The zero-order valence-corrected chi connectivity index (χ0v) is 19.4. The Morgan fingerprint density at radius 2 is 2.03 bits per heavy atom. The lowest BCUT2D eigenvalue weighted by Gasteiger charge is -2.28. The molecule has 0 saturated heterocycles. The Balaban J connectivity index is 1.68. The monoisotopic (exact) mass is 499 g/mol. The Hall–Kier alpha value is -3.73. The normalized spacial score (nSPS) is 13.2. The Morgan fingerprint density at radius 3 is 2.71 bits per heavy atom. The molecule has 0 aliphatic carbocycles. The Kier molecular flexibility index (Phi) is 6.38. The lowest BCUT2D eigenvalue weighted by Crippen LogP contribution is -2.31. The van der Waals surface area contributed by atoms with E-state index in [-0.39, 0.29) is 29.1 Å². The molecule has 1 aliphatic rings. The minimum absolute atomic E-state index is 0.0310. The summed E-state index contributed by atoms with van der Waals surface area (Å²) in [4.78, 5) is 24.0. The zero-order valence-electron chi connectivity index (χ0n) is 17.8. The number of benzene rings is 2. The molecule has 3 aromatic rings. The summed E-state index contributed by atoms with van der Waals surface area (Å²) in [5, 5.41) is 17.4. The third-order valence-corrected chi connectivity index (χ3v) is 6.97. The van der Waals surface area contributed by atoms with Crippen LogP contribution in [0, 0.1) is 17.1 Å². The van der Waals surface area contributed by atoms with E-state index in [4.69, 9.17) is 5.14 Å². The number of hydrogen-bond acceptors (Lipinski definition) is 9. The molecular weight excluding hydrogens is 481 g/mol. The molecule has 0 fully saturated rings. The summed E-state index contributed by atoms with van der Waals surface area (Å²) in [6, 6.07) is 12.8. The first kappa shape index (κ1) is 23.4. The summed E-state index contributed by atoms with van der Waals surface area (Å²) in [6.07, 6.45) is 0.970. The number of nitrogens with two attached hydrogens (primary N) is 1. The molecule has 0 radical (unpaired) electrons. The van der Waals surface area contributed by atoms with Crippen LogP contribution in [0.15, 0.2) is 58.5 Å². The van der Waals surface area contributed by atoms with Crippen LogP contribution in [0.2, 0.25) is 0 Å². The van der Waals surface area contributed by atoms with E-state index in [2.05, 4.69) is 15.3 Å². The summed E-state index contributed by atoms with van der Waals surface area (Å²) >= 11 is 1.41. The second-order valence-corrected chi connectivity index (χ2v) is 9.78. The number of nitrogens with one attached hydrogen (secondary N) is 1. The van der Waals surface area contributed by atoms with Crippen molar-refractivity contribution in [3.63, 3.8) is 0 Å². The van der Waals surface area contributed by atoms with E-state index in [0.29, 0.717) is 22.8 Å². The van der Waals surface area contributed by atoms with Gasteiger partial charge in [-0.25, -0.2) is 22.9 Å². The van der Waals surface area contributed by atoms with Crippen molar-refractivity contribution in [3.05, 3.63) is 54.5 Å². The molecule has 34 heavy (non-hydrogen) atoms. The Bertz CT molecular complexity index is 1410. The van der Waals surface area contributed by atoms with Gasteiger partial charge in [-0.05, 0) is 42.5 Å². The van der Waals surface area contributed by atoms with Gasteiger partial charge in [0.2, 0.25) is 21.9 Å². The van der Waals surface area contributed by atoms with Crippen molar-refractivity contribution in [3.8, 4) is 6.07 Å². The highest BCUT2D eigenvalue weighted by atomic mass is 32.2. The maximum absolute atomic E-state index is 14.8. The topological polar surface area (TPSA) is 145 Å². The van der Waals surface area contributed by atoms with Crippen LogP contribution < -0.4 is 20.3 Å². The van der Waals surface area contributed by atoms with Crippen molar-refractivity contribution in [2.24, 2.45) is 5.14 Å². The molecular formula is C21H18FN7O3S2. The van der Waals surface area contributed by atoms with E-state index in [0.717, 1.165) is 11.1 Å². The fraction of sp³-hybridized carbons (Fsp3) is 0.143. The van der Waals surface area contributed by atoms with Crippen molar-refractivity contribution in [1.29, 1.82) is 5.26 Å². The van der Waals surface area contributed by atoms with E-state index in [1.54, 1.807) is 19.2 Å². The second kappa shape index (κ2) is 9.26. The van der Waals surface area contributed by atoms with Gasteiger partial charge in [-0.3, -0.25) is 4.79 Å². The third-order valence-electron chi connectivity index (χ3n) is 4.99. The van der Waals surface area contributed by atoms with Gasteiger partial charge in [0, 0.05) is 23.3 Å². The third kappa shape index (κ3) is 4.79. The predicted octanol–water partition coefficient (Wildman–Crippen LogP) is 2.74. The average Bonchev–Trinajstić information content (AvgIpc) is 2.81. The molecule has 1 amide bonds. The largest absolute Gasteiger partial charge is 0.324 e. The maximum atomic E-state index is 14.8. The van der Waals surface area contributed by atoms with Gasteiger partial charge in [-0.2, -0.15) is 10.2 Å². The number of carbonyl (C=O) groups is 1. The number of amides is 1. The molecule has 0 unspecified atom stereocenters. The number of halogens is 1. The smallest absolute Gasteiger partial charge is 0.238 e. The number of aromatic nitrogens is 2. The quantitative estimate of drug-likeness (QED) is 0.489. The molecule has 2 aromatic carbocycles. The van der Waals surface area contributed by atoms with Gasteiger partial charge in [-0.1, -0.05) is 0 Å². The highest BCUT2D eigenvalue weighted by Gasteiger charge is 2.24. The highest BCUT2D eigenvalue weighted by Crippen LogP contribution is 2.38. The summed E-state index contributed by atoms with van der Waals surface area (Å²) in [5.41, 5.74) is 1.58. The number of rotatable bonds is 6. The van der Waals surface area contributed by atoms with Crippen LogP contribution in [0.1, 0.15) is 0 Å². The summed E-state index contributed by atoms with van der Waals surface area (Å²) < 4.78 is 37.6. The van der Waals surface area contributed by atoms with Crippen molar-refractivity contribution in [2.75, 3.05) is 34.5 Å². The molecule has 0 spiro atoms. The lowest BCUT2D eigenvalue weighted by atomic mass is 10.2. The number of carbonyl (C=O) groups excluding carboxylic acids is 1. The maximum Gasteiger partial charge on any atom is 0.238 e. The SMILES string of the molecule is CN1C(=O)CSc2ccc(N(CC#N)c3nc(Nc4ccc(S(N)(=O)=O)cc4)ncc3F)cc21. The van der Waals surface area contributed by atoms with Crippen molar-refractivity contribution >= 4 is 56.5 Å². The van der Waals surface area contributed by atoms with E-state index < -0.39 is 15.8 Å². The molecule has 10 nitrogen and oxygen atoms in total. The van der Waals surface area contributed by atoms with E-state index in [1.165, 1.54) is 45.8 Å². The first-order chi connectivity index (χ1) is 16.2. The summed E-state index contributed by atoms with van der Waals surface area (Å²) in [7, 11) is -2.18. The van der Waals surface area contributed by atoms with Crippen LogP contribution >= 0.6 is 11.8 Å². The lowest BCUT2D eigenvalue weighted by molar-refractivity contribution is -0.116. The molecule has 13 heteroatoms. The van der Waals surface area contributed by atoms with Crippen LogP contribution in [0.25, 0.3) is 0 Å². The standard InChI is InChI=1S/C21H18FN7O3S2/c1-28-17-10-14(4-7-18(17)33-12-19(28)30)29(9-8-23)20-16(22)11-25-21(27-20)26-13-2-5-15(6-3-13)34(24,31)32/h2-7,10-11H,9,12H2,1H3,(H2,24,31,32)(H,25,26,27). The van der Waals surface area contributed by atoms with Crippen LogP contribution in [-0.2, 0) is 14.8 Å². The number of anilines is 5. The molecule has 3 N–H and O–H groups in total. The molecule has 1 aliphatic heterocycles. The fourth-order valence-corrected chi connectivity index (χ4v) is 4.75. The highest BCUT2D eigenvalue weighted by molar-refractivity contribution is 8.00. The summed E-state index contributed by atoms with van der Waals surface area (Å²) in [5.74, 6) is -0.587. The van der Waals surface area contributed by atoms with Crippen LogP contribution in [0.3, 0.4) is 0 Å². The molecule has 0 saturated carbocycles. The average molecular weight is 500 g/mol. The number of fused-ring (bicyclic) bond motifs is 1. The molecule has 174 valence electrons. The minimum Gasteiger partial charge on any atom is -0.324 e. The van der Waals surface area contributed by atoms with Crippen molar-refractivity contribution in [2.45, 2.75) is 9.79 Å². The number of nitriles is 1. The van der Waals surface area contributed by atoms with Gasteiger partial charge in [0.1, 0.15) is 6.54 Å². The molecule has 1 aromatic heterocycles. The number of thioether (sulfide) groups is 1. The van der Waals surface area contributed by atoms with E-state index in [1.807, 2.05) is 12.1 Å². The van der Waals surface area contributed by atoms with Crippen LogP contribution in [-0.4, -0.2) is 43.6 Å². The Morgan fingerprint density at radius 1 is 1.29 bits per heavy atom. The number of sulfonamides is 1. The predicted molar refractivity (Wildman–Crippen MR) is 126 cm³/mol. The Labute approximate surface area is 199 Å². The molecule has 4 rings (SSSR count).